The maximum Gasteiger partial charge on any atom is 0.318 e. The number of pyridine rings is 1. The zero-order chi connectivity index (χ0) is 14.8. The molecule has 0 aromatic carbocycles. The summed E-state index contributed by atoms with van der Waals surface area (Å²) in [5.74, 6) is -1.23. The van der Waals surface area contributed by atoms with E-state index in [1.54, 1.807) is 12.1 Å². The first kappa shape index (κ1) is 14.2. The number of carboxylic acids is 1. The largest absolute Gasteiger partial charge is 0.480 e. The molecule has 8 heteroatoms. The van der Waals surface area contributed by atoms with Gasteiger partial charge in [-0.3, -0.25) is 4.79 Å². The van der Waals surface area contributed by atoms with Crippen LogP contribution in [0, 0.1) is 0 Å². The number of hydrogen-bond donors (Lipinski definition) is 2. The van der Waals surface area contributed by atoms with Crippen molar-refractivity contribution in [2.45, 2.75) is 4.90 Å². The van der Waals surface area contributed by atoms with Gasteiger partial charge in [-0.25, -0.2) is 13.4 Å². The van der Waals surface area contributed by atoms with Crippen LogP contribution >= 0.6 is 0 Å². The smallest absolute Gasteiger partial charge is 0.318 e. The van der Waals surface area contributed by atoms with Crippen molar-refractivity contribution in [3.63, 3.8) is 0 Å². The van der Waals surface area contributed by atoms with Crippen molar-refractivity contribution >= 4 is 27.0 Å². The van der Waals surface area contributed by atoms with E-state index in [1.165, 1.54) is 18.5 Å². The fourth-order valence-corrected chi connectivity index (χ4v) is 3.34. The van der Waals surface area contributed by atoms with Crippen molar-refractivity contribution in [2.75, 3.05) is 13.1 Å². The molecule has 0 unspecified atom stereocenters. The maximum atomic E-state index is 12.5. The SMILES string of the molecule is C=CCN(CC(=O)O)S(=O)(=O)c1c[nH]c2ncccc12. The maximum absolute atomic E-state index is 12.5. The number of sulfonamides is 1. The lowest BCUT2D eigenvalue weighted by atomic mass is 10.3. The minimum Gasteiger partial charge on any atom is -0.480 e. The molecule has 0 aliphatic carbocycles. The number of nitrogens with one attached hydrogen (secondary N) is 1. The summed E-state index contributed by atoms with van der Waals surface area (Å²) in [4.78, 5) is 17.6. The van der Waals surface area contributed by atoms with Crippen LogP contribution in [0.25, 0.3) is 11.0 Å². The summed E-state index contributed by atoms with van der Waals surface area (Å²) in [6, 6.07) is 3.23. The van der Waals surface area contributed by atoms with E-state index in [-0.39, 0.29) is 11.4 Å². The third-order valence-electron chi connectivity index (χ3n) is 2.68. The van der Waals surface area contributed by atoms with Gasteiger partial charge in [0.2, 0.25) is 10.0 Å². The number of aliphatic carboxylic acids is 1. The molecule has 0 atom stereocenters. The number of carbonyl (C=O) groups is 1. The van der Waals surface area contributed by atoms with Gasteiger partial charge in [-0.05, 0) is 12.1 Å². The average Bonchev–Trinajstić information content (AvgIpc) is 2.82. The van der Waals surface area contributed by atoms with Crippen molar-refractivity contribution in [2.24, 2.45) is 0 Å². The van der Waals surface area contributed by atoms with Crippen LogP contribution in [-0.4, -0.2) is 46.9 Å². The summed E-state index contributed by atoms with van der Waals surface area (Å²) in [6.07, 6.45) is 4.19. The van der Waals surface area contributed by atoms with Crippen molar-refractivity contribution < 1.29 is 18.3 Å². The first-order chi connectivity index (χ1) is 9.46. The molecule has 20 heavy (non-hydrogen) atoms. The molecule has 106 valence electrons. The van der Waals surface area contributed by atoms with Crippen LogP contribution in [0.5, 0.6) is 0 Å². The molecule has 0 radical (unpaired) electrons. The molecule has 0 fully saturated rings. The Balaban J connectivity index is 2.52. The predicted molar refractivity (Wildman–Crippen MR) is 72.7 cm³/mol. The molecule has 0 amide bonds. The van der Waals surface area contributed by atoms with Crippen LogP contribution < -0.4 is 0 Å². The Morgan fingerprint density at radius 1 is 1.55 bits per heavy atom. The second-order valence-electron chi connectivity index (χ2n) is 4.03. The van der Waals surface area contributed by atoms with E-state index < -0.39 is 22.5 Å². The minimum absolute atomic E-state index is 0.00343. The average molecular weight is 295 g/mol. The summed E-state index contributed by atoms with van der Waals surface area (Å²) < 4.78 is 25.8. The molecule has 2 rings (SSSR count). The Morgan fingerprint density at radius 2 is 2.30 bits per heavy atom. The lowest BCUT2D eigenvalue weighted by Crippen LogP contribution is -2.35. The van der Waals surface area contributed by atoms with Crippen LogP contribution in [0.3, 0.4) is 0 Å². The number of aromatic amines is 1. The monoisotopic (exact) mass is 295 g/mol. The Labute approximate surface area is 115 Å². The van der Waals surface area contributed by atoms with Gasteiger partial charge in [0.15, 0.2) is 0 Å². The van der Waals surface area contributed by atoms with Crippen LogP contribution in [0.1, 0.15) is 0 Å². The van der Waals surface area contributed by atoms with Crippen LogP contribution in [0.15, 0.2) is 42.1 Å². The number of H-pyrrole nitrogens is 1. The highest BCUT2D eigenvalue weighted by atomic mass is 32.2. The van der Waals surface area contributed by atoms with Crippen molar-refractivity contribution in [1.82, 2.24) is 14.3 Å². The zero-order valence-electron chi connectivity index (χ0n) is 10.5. The molecule has 7 nitrogen and oxygen atoms in total. The summed E-state index contributed by atoms with van der Waals surface area (Å²) in [6.45, 7) is 2.74. The molecule has 0 saturated carbocycles. The second-order valence-corrected chi connectivity index (χ2v) is 5.94. The van der Waals surface area contributed by atoms with E-state index >= 15 is 0 Å². The summed E-state index contributed by atoms with van der Waals surface area (Å²) in [5, 5.41) is 9.25. The molecule has 2 aromatic rings. The molecule has 0 bridgehead atoms. The van der Waals surface area contributed by atoms with E-state index in [9.17, 15) is 13.2 Å². The van der Waals surface area contributed by atoms with Crippen molar-refractivity contribution in [3.8, 4) is 0 Å². The number of aromatic nitrogens is 2. The zero-order valence-corrected chi connectivity index (χ0v) is 11.3. The summed E-state index contributed by atoms with van der Waals surface area (Å²) in [5.41, 5.74) is 0.431. The first-order valence-corrected chi connectivity index (χ1v) is 7.15. The van der Waals surface area contributed by atoms with Gasteiger partial charge in [0, 0.05) is 24.3 Å². The Hall–Kier alpha value is -2.19. The van der Waals surface area contributed by atoms with Crippen LogP contribution in [0.2, 0.25) is 0 Å². The third kappa shape index (κ3) is 2.56. The van der Waals surface area contributed by atoms with E-state index in [0.29, 0.717) is 11.0 Å². The number of fused-ring (bicyclic) bond motifs is 1. The topological polar surface area (TPSA) is 103 Å². The molecule has 0 spiro atoms. The van der Waals surface area contributed by atoms with Gasteiger partial charge in [0.1, 0.15) is 17.1 Å². The molecule has 2 N–H and O–H groups in total. The van der Waals surface area contributed by atoms with Gasteiger partial charge in [0.25, 0.3) is 0 Å². The fraction of sp³-hybridized carbons (Fsp3) is 0.167. The van der Waals surface area contributed by atoms with Gasteiger partial charge >= 0.3 is 5.97 Å². The predicted octanol–water partition coefficient (Wildman–Crippen LogP) is 0.824. The molecule has 0 aliphatic heterocycles. The molecular formula is C12H13N3O4S. The summed E-state index contributed by atoms with van der Waals surface area (Å²) >= 11 is 0. The molecule has 2 aromatic heterocycles. The molecule has 0 saturated heterocycles. The van der Waals surface area contributed by atoms with Gasteiger partial charge in [0.05, 0.1) is 0 Å². The Morgan fingerprint density at radius 3 is 2.95 bits per heavy atom. The first-order valence-electron chi connectivity index (χ1n) is 5.71. The van der Waals surface area contributed by atoms with Crippen molar-refractivity contribution in [3.05, 3.63) is 37.2 Å². The molecule has 0 aliphatic rings. The lowest BCUT2D eigenvalue weighted by Gasteiger charge is -2.17. The number of nitrogens with zero attached hydrogens (tertiary/aromatic N) is 2. The minimum atomic E-state index is -3.93. The second kappa shape index (κ2) is 5.43. The Kier molecular flexibility index (Phi) is 3.86. The van der Waals surface area contributed by atoms with Crippen LogP contribution in [0.4, 0.5) is 0 Å². The van der Waals surface area contributed by atoms with Gasteiger partial charge in [-0.15, -0.1) is 6.58 Å². The normalized spacial score (nSPS) is 11.8. The highest BCUT2D eigenvalue weighted by molar-refractivity contribution is 7.89. The van der Waals surface area contributed by atoms with E-state index in [1.807, 2.05) is 0 Å². The van der Waals surface area contributed by atoms with Crippen LogP contribution in [-0.2, 0) is 14.8 Å². The highest BCUT2D eigenvalue weighted by Crippen LogP contribution is 2.24. The molecule has 2 heterocycles. The fourth-order valence-electron chi connectivity index (χ4n) is 1.83. The number of carboxylic acid groups (broad SMARTS) is 1. The molecular weight excluding hydrogens is 282 g/mol. The lowest BCUT2D eigenvalue weighted by molar-refractivity contribution is -0.137. The third-order valence-corrected chi connectivity index (χ3v) is 4.53. The van der Waals surface area contributed by atoms with Gasteiger partial charge < -0.3 is 10.1 Å². The van der Waals surface area contributed by atoms with E-state index in [4.69, 9.17) is 5.11 Å². The highest BCUT2D eigenvalue weighted by Gasteiger charge is 2.28. The van der Waals surface area contributed by atoms with Gasteiger partial charge in [-0.1, -0.05) is 6.08 Å². The van der Waals surface area contributed by atoms with Gasteiger partial charge in [-0.2, -0.15) is 4.31 Å². The van der Waals surface area contributed by atoms with E-state index in [0.717, 1.165) is 4.31 Å². The standard InChI is InChI=1S/C12H13N3O4S/c1-2-6-15(8-11(16)17)20(18,19)10-7-14-12-9(10)4-3-5-13-12/h2-5,7H,1,6,8H2,(H,13,14)(H,16,17). The Bertz CT molecular complexity index is 751. The quantitative estimate of drug-likeness (QED) is 0.768. The number of hydrogen-bond acceptors (Lipinski definition) is 4. The summed E-state index contributed by atoms with van der Waals surface area (Å²) in [7, 11) is -3.93. The number of rotatable bonds is 6. The van der Waals surface area contributed by atoms with E-state index in [2.05, 4.69) is 16.5 Å². The van der Waals surface area contributed by atoms with Crippen molar-refractivity contribution in [1.29, 1.82) is 0 Å².